The average molecular weight is 463 g/mol. The standard InChI is InChI=1S/C18H15Cl3FN3O2S/c1-10(26)11-4-8-14(9-5-11)23-17(28)25-16(18(19,20)21)24-15(27)12-2-6-13(22)7-3-12/h2-9,16H,1H3,(H,24,27)(H2,23,25,28). The van der Waals surface area contributed by atoms with Crippen LogP contribution >= 0.6 is 47.0 Å². The van der Waals surface area contributed by atoms with E-state index in [2.05, 4.69) is 16.0 Å². The summed E-state index contributed by atoms with van der Waals surface area (Å²) >= 11 is 23.0. The van der Waals surface area contributed by atoms with Crippen LogP contribution in [0.1, 0.15) is 27.6 Å². The Morgan fingerprint density at radius 2 is 1.50 bits per heavy atom. The highest BCUT2D eigenvalue weighted by Gasteiger charge is 2.34. The number of benzene rings is 2. The number of ketones is 1. The number of hydrogen-bond acceptors (Lipinski definition) is 3. The number of halogens is 4. The molecule has 2 aromatic carbocycles. The van der Waals surface area contributed by atoms with Crippen molar-refractivity contribution in [3.05, 3.63) is 65.5 Å². The van der Waals surface area contributed by atoms with Crippen LogP contribution in [0.15, 0.2) is 48.5 Å². The first kappa shape index (κ1) is 22.4. The Bertz CT molecular complexity index is 871. The first-order chi connectivity index (χ1) is 13.1. The minimum Gasteiger partial charge on any atom is -0.339 e. The van der Waals surface area contributed by atoms with Crippen LogP contribution in [-0.2, 0) is 0 Å². The van der Waals surface area contributed by atoms with Crippen LogP contribution in [0.25, 0.3) is 0 Å². The maximum atomic E-state index is 13.0. The summed E-state index contributed by atoms with van der Waals surface area (Å²) in [5.41, 5.74) is 1.33. The Hall–Kier alpha value is -1.93. The lowest BCUT2D eigenvalue weighted by Crippen LogP contribution is -2.56. The van der Waals surface area contributed by atoms with Gasteiger partial charge in [0.1, 0.15) is 12.0 Å². The Balaban J connectivity index is 2.04. The molecule has 0 aromatic heterocycles. The molecule has 3 N–H and O–H groups in total. The van der Waals surface area contributed by atoms with E-state index in [4.69, 9.17) is 47.0 Å². The summed E-state index contributed by atoms with van der Waals surface area (Å²) in [6.45, 7) is 1.46. The number of rotatable bonds is 5. The van der Waals surface area contributed by atoms with Crippen molar-refractivity contribution in [3.8, 4) is 0 Å². The minimum atomic E-state index is -1.93. The van der Waals surface area contributed by atoms with Crippen LogP contribution in [0.4, 0.5) is 10.1 Å². The lowest BCUT2D eigenvalue weighted by atomic mass is 10.1. The Kier molecular flexibility index (Phi) is 7.60. The van der Waals surface area contributed by atoms with Crippen LogP contribution in [0.5, 0.6) is 0 Å². The zero-order chi connectivity index (χ0) is 20.9. The summed E-state index contributed by atoms with van der Waals surface area (Å²) in [5, 5.41) is 8.14. The summed E-state index contributed by atoms with van der Waals surface area (Å²) in [7, 11) is 0. The third kappa shape index (κ3) is 6.60. The molecule has 10 heteroatoms. The second-order valence-corrected chi connectivity index (χ2v) is 8.46. The number of nitrogens with one attached hydrogen (secondary N) is 3. The van der Waals surface area contributed by atoms with Gasteiger partial charge in [0.25, 0.3) is 5.91 Å². The number of amides is 1. The normalized spacial score (nSPS) is 12.0. The van der Waals surface area contributed by atoms with Gasteiger partial charge in [-0.25, -0.2) is 4.39 Å². The largest absolute Gasteiger partial charge is 0.339 e. The molecule has 0 saturated carbocycles. The van der Waals surface area contributed by atoms with E-state index in [9.17, 15) is 14.0 Å². The van der Waals surface area contributed by atoms with Crippen molar-refractivity contribution in [2.45, 2.75) is 16.9 Å². The molecule has 0 aliphatic rings. The number of hydrogen-bond donors (Lipinski definition) is 3. The van der Waals surface area contributed by atoms with Crippen molar-refractivity contribution in [3.63, 3.8) is 0 Å². The fourth-order valence-corrected chi connectivity index (χ4v) is 2.67. The molecule has 148 valence electrons. The second kappa shape index (κ2) is 9.52. The first-order valence-electron chi connectivity index (χ1n) is 7.88. The molecule has 0 fully saturated rings. The number of thiocarbonyl (C=S) groups is 1. The van der Waals surface area contributed by atoms with Gasteiger partial charge in [0, 0.05) is 16.8 Å². The summed E-state index contributed by atoms with van der Waals surface area (Å²) < 4.78 is 11.1. The van der Waals surface area contributed by atoms with Gasteiger partial charge in [-0.1, -0.05) is 34.8 Å². The third-order valence-corrected chi connectivity index (χ3v) is 4.41. The van der Waals surface area contributed by atoms with Crippen LogP contribution in [0.2, 0.25) is 0 Å². The van der Waals surface area contributed by atoms with Gasteiger partial charge >= 0.3 is 0 Å². The van der Waals surface area contributed by atoms with E-state index in [-0.39, 0.29) is 16.5 Å². The van der Waals surface area contributed by atoms with Gasteiger partial charge in [-0.3, -0.25) is 9.59 Å². The SMILES string of the molecule is CC(=O)c1ccc(NC(=S)NC(NC(=O)c2ccc(F)cc2)C(Cl)(Cl)Cl)cc1. The Morgan fingerprint density at radius 1 is 0.964 bits per heavy atom. The quantitative estimate of drug-likeness (QED) is 0.265. The maximum absolute atomic E-state index is 13.0. The van der Waals surface area contributed by atoms with Crippen molar-refractivity contribution < 1.29 is 14.0 Å². The van der Waals surface area contributed by atoms with Crippen molar-refractivity contribution in [2.24, 2.45) is 0 Å². The first-order valence-corrected chi connectivity index (χ1v) is 9.42. The van der Waals surface area contributed by atoms with E-state index in [0.29, 0.717) is 11.3 Å². The highest BCUT2D eigenvalue weighted by Crippen LogP contribution is 2.29. The fourth-order valence-electron chi connectivity index (χ4n) is 2.10. The summed E-state index contributed by atoms with van der Waals surface area (Å²) in [5.74, 6) is -1.13. The van der Waals surface area contributed by atoms with Crippen molar-refractivity contribution in [2.75, 3.05) is 5.32 Å². The highest BCUT2D eigenvalue weighted by molar-refractivity contribution is 7.80. The number of carbonyl (C=O) groups excluding carboxylic acids is 2. The van der Waals surface area contributed by atoms with Crippen LogP contribution in [0.3, 0.4) is 0 Å². The van der Waals surface area contributed by atoms with E-state index in [0.717, 1.165) is 12.1 Å². The van der Waals surface area contributed by atoms with Crippen LogP contribution in [0, 0.1) is 5.82 Å². The predicted molar refractivity (Wildman–Crippen MR) is 114 cm³/mol. The Labute approximate surface area is 181 Å². The van der Waals surface area contributed by atoms with Gasteiger partial charge in [0.2, 0.25) is 3.79 Å². The molecule has 2 aromatic rings. The van der Waals surface area contributed by atoms with Gasteiger partial charge in [-0.15, -0.1) is 0 Å². The summed E-state index contributed by atoms with van der Waals surface area (Å²) in [6.07, 6.45) is -1.17. The van der Waals surface area contributed by atoms with Crippen molar-refractivity contribution in [1.82, 2.24) is 10.6 Å². The molecule has 1 amide bonds. The van der Waals surface area contributed by atoms with E-state index in [1.54, 1.807) is 24.3 Å². The molecule has 0 saturated heterocycles. The van der Waals surface area contributed by atoms with Crippen LogP contribution in [-0.4, -0.2) is 26.8 Å². The molecule has 0 heterocycles. The lowest BCUT2D eigenvalue weighted by Gasteiger charge is -2.27. The molecule has 0 aliphatic carbocycles. The van der Waals surface area contributed by atoms with E-state index >= 15 is 0 Å². The number of alkyl halides is 3. The second-order valence-electron chi connectivity index (χ2n) is 5.69. The maximum Gasteiger partial charge on any atom is 0.252 e. The molecule has 0 bridgehead atoms. The molecule has 28 heavy (non-hydrogen) atoms. The van der Waals surface area contributed by atoms with Gasteiger partial charge in [-0.2, -0.15) is 0 Å². The molecular weight excluding hydrogens is 448 g/mol. The minimum absolute atomic E-state index is 0.0629. The molecule has 1 unspecified atom stereocenters. The number of Topliss-reactive ketones (excluding diaryl/α,β-unsaturated/α-hetero) is 1. The van der Waals surface area contributed by atoms with E-state index in [1.807, 2.05) is 0 Å². The van der Waals surface area contributed by atoms with Crippen molar-refractivity contribution in [1.29, 1.82) is 0 Å². The molecule has 0 aliphatic heterocycles. The average Bonchev–Trinajstić information content (AvgIpc) is 2.61. The summed E-state index contributed by atoms with van der Waals surface area (Å²) in [4.78, 5) is 23.6. The van der Waals surface area contributed by atoms with Crippen molar-refractivity contribution >= 4 is 69.5 Å². The number of anilines is 1. The third-order valence-electron chi connectivity index (χ3n) is 3.53. The zero-order valence-corrected chi connectivity index (χ0v) is 17.5. The molecule has 2 rings (SSSR count). The van der Waals surface area contributed by atoms with Crippen LogP contribution < -0.4 is 16.0 Å². The molecule has 5 nitrogen and oxygen atoms in total. The van der Waals surface area contributed by atoms with Gasteiger partial charge in [0.05, 0.1) is 0 Å². The number of carbonyl (C=O) groups is 2. The molecule has 0 spiro atoms. The Morgan fingerprint density at radius 3 is 2.00 bits per heavy atom. The topological polar surface area (TPSA) is 70.2 Å². The van der Waals surface area contributed by atoms with Gasteiger partial charge in [0.15, 0.2) is 10.9 Å². The highest BCUT2D eigenvalue weighted by atomic mass is 35.6. The lowest BCUT2D eigenvalue weighted by molar-refractivity contribution is 0.0933. The van der Waals surface area contributed by atoms with E-state index in [1.165, 1.54) is 19.1 Å². The van der Waals surface area contributed by atoms with Gasteiger partial charge < -0.3 is 16.0 Å². The molecule has 1 atom stereocenters. The zero-order valence-electron chi connectivity index (χ0n) is 14.4. The summed E-state index contributed by atoms with van der Waals surface area (Å²) in [6, 6.07) is 11.5. The fraction of sp³-hybridized carbons (Fsp3) is 0.167. The molecular formula is C18H15Cl3FN3O2S. The molecule has 0 radical (unpaired) electrons. The monoisotopic (exact) mass is 461 g/mol. The smallest absolute Gasteiger partial charge is 0.252 e. The van der Waals surface area contributed by atoms with E-state index < -0.39 is 21.7 Å². The predicted octanol–water partition coefficient (Wildman–Crippen LogP) is 4.44. The van der Waals surface area contributed by atoms with Gasteiger partial charge in [-0.05, 0) is 67.7 Å².